The number of likely N-dealkylation sites (tertiary alicyclic amines) is 1. The average molecular weight is 742 g/mol. The van der Waals surface area contributed by atoms with Crippen LogP contribution >= 0.6 is 23.2 Å². The molecule has 0 radical (unpaired) electrons. The molecule has 0 unspecified atom stereocenters. The van der Waals surface area contributed by atoms with Crippen molar-refractivity contribution in [3.8, 4) is 11.5 Å². The standard InChI is InChI=1S/C30H24Cl2F3N5O10/c1-36(2)23-18(39(46)47)8-12(9-19(23)40(48)49)38-24(42)15-6-5-14-17(21(15)25(38)43)11-28(31)26(44)37(3)27(45)29(28,32)22(14)16-10-13(4-7-20(16)41)50-30(33,34)35/h4-5,7-10,15,17,21-22,41H,6,11H2,1-3H3/t15-,17+,21-,22+,28+,29-/m0/s1. The number of imide groups is 2. The van der Waals surface area contributed by atoms with E-state index in [1.165, 1.54) is 20.2 Å². The lowest BCUT2D eigenvalue weighted by atomic mass is 9.56. The van der Waals surface area contributed by atoms with Gasteiger partial charge in [-0.1, -0.05) is 11.6 Å². The number of phenols is 1. The Kier molecular flexibility index (Phi) is 7.87. The fourth-order valence-corrected chi connectivity index (χ4v) is 8.77. The highest BCUT2D eigenvalue weighted by molar-refractivity contribution is 6.53. The maximum absolute atomic E-state index is 14.3. The molecule has 15 nitrogen and oxygen atoms in total. The number of nitro benzene ring substituents is 2. The van der Waals surface area contributed by atoms with Crippen LogP contribution in [0.4, 0.5) is 35.9 Å². The molecular formula is C30H24Cl2F3N5O10. The Labute approximate surface area is 289 Å². The Morgan fingerprint density at radius 2 is 1.58 bits per heavy atom. The molecule has 2 aromatic rings. The van der Waals surface area contributed by atoms with Gasteiger partial charge in [-0.3, -0.25) is 44.3 Å². The molecule has 20 heteroatoms. The van der Waals surface area contributed by atoms with Crippen LogP contribution < -0.4 is 14.5 Å². The molecule has 3 fully saturated rings. The van der Waals surface area contributed by atoms with E-state index in [4.69, 9.17) is 23.2 Å². The molecule has 2 aliphatic heterocycles. The second-order valence-corrected chi connectivity index (χ2v) is 13.8. The predicted octanol–water partition coefficient (Wildman–Crippen LogP) is 4.37. The molecule has 1 saturated carbocycles. The number of ether oxygens (including phenoxy) is 1. The van der Waals surface area contributed by atoms with Gasteiger partial charge in [0.15, 0.2) is 15.4 Å². The van der Waals surface area contributed by atoms with E-state index in [2.05, 4.69) is 4.74 Å². The third-order valence-corrected chi connectivity index (χ3v) is 11.1. The second kappa shape index (κ2) is 11.3. The van der Waals surface area contributed by atoms with Crippen LogP contribution in [0.15, 0.2) is 42.0 Å². The van der Waals surface area contributed by atoms with Crippen molar-refractivity contribution in [1.82, 2.24) is 4.90 Å². The van der Waals surface area contributed by atoms with E-state index in [0.717, 1.165) is 42.3 Å². The SMILES string of the molecule is CN1C(=O)[C@]2(Cl)C[C@@H]3C(=CC[C@@H]4C(=O)N(c5cc([N+](=O)[O-])c(N(C)C)c([N+](=O)[O-])c5)C(=O)[C@@H]43)[C@H](c3cc(OC(F)(F)F)ccc3O)[C@]2(Cl)C1=O. The summed E-state index contributed by atoms with van der Waals surface area (Å²) in [6, 6.07) is 4.13. The van der Waals surface area contributed by atoms with Crippen molar-refractivity contribution in [3.63, 3.8) is 0 Å². The summed E-state index contributed by atoms with van der Waals surface area (Å²) in [5.41, 5.74) is -2.69. The van der Waals surface area contributed by atoms with Crippen LogP contribution in [0.3, 0.4) is 0 Å². The highest BCUT2D eigenvalue weighted by Gasteiger charge is 2.76. The van der Waals surface area contributed by atoms with E-state index in [1.54, 1.807) is 0 Å². The number of anilines is 2. The van der Waals surface area contributed by atoms with Gasteiger partial charge in [0.1, 0.15) is 11.5 Å². The van der Waals surface area contributed by atoms with Crippen molar-refractivity contribution in [1.29, 1.82) is 0 Å². The van der Waals surface area contributed by atoms with Crippen LogP contribution in [0.25, 0.3) is 0 Å². The van der Waals surface area contributed by atoms with Gasteiger partial charge in [0.25, 0.3) is 11.8 Å². The minimum atomic E-state index is -5.16. The molecule has 4 amide bonds. The van der Waals surface area contributed by atoms with Crippen LogP contribution in [0.1, 0.15) is 24.3 Å². The van der Waals surface area contributed by atoms with E-state index in [9.17, 15) is 57.7 Å². The highest BCUT2D eigenvalue weighted by atomic mass is 35.5. The normalized spacial score (nSPS) is 29.0. The van der Waals surface area contributed by atoms with Crippen LogP contribution in [0.2, 0.25) is 0 Å². The summed E-state index contributed by atoms with van der Waals surface area (Å²) in [6.45, 7) is 0. The molecule has 2 heterocycles. The van der Waals surface area contributed by atoms with Crippen LogP contribution in [-0.2, 0) is 19.2 Å². The van der Waals surface area contributed by atoms with Gasteiger partial charge in [-0.25, -0.2) is 4.90 Å². The maximum atomic E-state index is 14.3. The van der Waals surface area contributed by atoms with Crippen LogP contribution in [0.5, 0.6) is 11.5 Å². The van der Waals surface area contributed by atoms with Gasteiger partial charge in [-0.2, -0.15) is 0 Å². The first-order valence-electron chi connectivity index (χ1n) is 14.7. The Morgan fingerprint density at radius 3 is 2.12 bits per heavy atom. The molecule has 0 spiro atoms. The molecule has 0 bridgehead atoms. The third-order valence-electron chi connectivity index (χ3n) is 9.71. The van der Waals surface area contributed by atoms with Gasteiger partial charge in [0.05, 0.1) is 27.4 Å². The fourth-order valence-electron chi connectivity index (χ4n) is 7.76. The molecule has 2 aliphatic carbocycles. The number of allylic oxidation sites excluding steroid dienone is 2. The van der Waals surface area contributed by atoms with Crippen molar-refractivity contribution in [2.24, 2.45) is 17.8 Å². The first kappa shape index (κ1) is 34.9. The van der Waals surface area contributed by atoms with Crippen molar-refractivity contribution in [2.45, 2.75) is 34.9 Å². The number of alkyl halides is 5. The molecule has 6 atom stereocenters. The van der Waals surface area contributed by atoms with E-state index < -0.39 is 119 Å². The molecule has 2 aromatic carbocycles. The number of amides is 4. The number of fused-ring (bicyclic) bond motifs is 4. The summed E-state index contributed by atoms with van der Waals surface area (Å²) < 4.78 is 43.6. The molecule has 50 heavy (non-hydrogen) atoms. The average Bonchev–Trinajstić information content (AvgIpc) is 3.35. The number of nitrogens with zero attached hydrogens (tertiary/aromatic N) is 5. The zero-order chi connectivity index (χ0) is 37.0. The number of phenolic OH excluding ortho intramolecular Hbond substituents is 1. The summed E-state index contributed by atoms with van der Waals surface area (Å²) in [7, 11) is 3.74. The Balaban J connectivity index is 1.52. The lowest BCUT2D eigenvalue weighted by molar-refractivity contribution is -0.392. The van der Waals surface area contributed by atoms with Gasteiger partial charge >= 0.3 is 17.7 Å². The number of nitro groups is 2. The van der Waals surface area contributed by atoms with Gasteiger partial charge in [-0.05, 0) is 37.0 Å². The highest BCUT2D eigenvalue weighted by Crippen LogP contribution is 2.66. The van der Waals surface area contributed by atoms with Crippen molar-refractivity contribution < 1.29 is 52.0 Å². The lowest BCUT2D eigenvalue weighted by Crippen LogP contribution is -2.60. The zero-order valence-corrected chi connectivity index (χ0v) is 27.4. The number of benzene rings is 2. The molecule has 1 N–H and O–H groups in total. The molecule has 264 valence electrons. The minimum absolute atomic E-state index is 0.108. The van der Waals surface area contributed by atoms with Crippen LogP contribution in [-0.4, -0.2) is 80.7 Å². The third kappa shape index (κ3) is 4.79. The number of aromatic hydroxyl groups is 1. The Bertz CT molecular complexity index is 1940. The van der Waals surface area contributed by atoms with Gasteiger partial charge in [0, 0.05) is 44.8 Å². The number of carbonyl (C=O) groups is 4. The predicted molar refractivity (Wildman–Crippen MR) is 167 cm³/mol. The number of carbonyl (C=O) groups excluding carboxylic acids is 4. The smallest absolute Gasteiger partial charge is 0.508 e. The summed E-state index contributed by atoms with van der Waals surface area (Å²) in [4.78, 5) is 75.3. The second-order valence-electron chi connectivity index (χ2n) is 12.5. The number of rotatable bonds is 6. The zero-order valence-electron chi connectivity index (χ0n) is 25.9. The number of hydrogen-bond acceptors (Lipinski definition) is 11. The Hall–Kier alpha value is -4.97. The first-order chi connectivity index (χ1) is 23.2. The monoisotopic (exact) mass is 741 g/mol. The molecular weight excluding hydrogens is 718 g/mol. The van der Waals surface area contributed by atoms with E-state index in [-0.39, 0.29) is 12.0 Å². The molecule has 0 aromatic heterocycles. The summed E-state index contributed by atoms with van der Waals surface area (Å²) >= 11 is 14.0. The number of hydrogen-bond donors (Lipinski definition) is 1. The van der Waals surface area contributed by atoms with Crippen LogP contribution in [0, 0.1) is 38.0 Å². The van der Waals surface area contributed by atoms with Crippen molar-refractivity contribution >= 4 is 69.6 Å². The van der Waals surface area contributed by atoms with Crippen molar-refractivity contribution in [3.05, 3.63) is 67.8 Å². The summed E-state index contributed by atoms with van der Waals surface area (Å²) in [5.74, 6) is -10.8. The lowest BCUT2D eigenvalue weighted by Gasteiger charge is -2.50. The van der Waals surface area contributed by atoms with E-state index in [1.807, 2.05) is 0 Å². The van der Waals surface area contributed by atoms with Gasteiger partial charge in [0.2, 0.25) is 11.8 Å². The fraction of sp³-hybridized carbons (Fsp3) is 0.400. The molecule has 6 rings (SSSR count). The summed E-state index contributed by atoms with van der Waals surface area (Å²) in [5, 5.41) is 35.0. The largest absolute Gasteiger partial charge is 0.573 e. The number of halogens is 5. The Morgan fingerprint density at radius 1 is 0.980 bits per heavy atom. The van der Waals surface area contributed by atoms with Gasteiger partial charge in [-0.15, -0.1) is 36.4 Å². The molecule has 4 aliphatic rings. The first-order valence-corrected chi connectivity index (χ1v) is 15.4. The topological polar surface area (TPSA) is 194 Å². The summed E-state index contributed by atoms with van der Waals surface area (Å²) in [6.07, 6.45) is -4.49. The van der Waals surface area contributed by atoms with E-state index in [0.29, 0.717) is 9.80 Å². The maximum Gasteiger partial charge on any atom is 0.573 e. The van der Waals surface area contributed by atoms with E-state index >= 15 is 0 Å². The minimum Gasteiger partial charge on any atom is -0.508 e. The quantitative estimate of drug-likeness (QED) is 0.145. The van der Waals surface area contributed by atoms with Crippen molar-refractivity contribution in [2.75, 3.05) is 30.9 Å². The molecule has 2 saturated heterocycles. The van der Waals surface area contributed by atoms with Gasteiger partial charge < -0.3 is 14.7 Å².